The quantitative estimate of drug-likeness (QED) is 0.363. The van der Waals surface area contributed by atoms with E-state index in [1.807, 2.05) is 0 Å². The van der Waals surface area contributed by atoms with Crippen LogP contribution in [0.5, 0.6) is 5.75 Å². The van der Waals surface area contributed by atoms with Crippen LogP contribution in [0.25, 0.3) is 0 Å². The molecule has 0 amide bonds. The van der Waals surface area contributed by atoms with E-state index in [9.17, 15) is 25.8 Å². The van der Waals surface area contributed by atoms with Gasteiger partial charge in [-0.25, -0.2) is 12.8 Å². The van der Waals surface area contributed by atoms with Crippen molar-refractivity contribution in [1.82, 2.24) is 0 Å². The zero-order chi connectivity index (χ0) is 15.4. The van der Waals surface area contributed by atoms with Gasteiger partial charge in [0.1, 0.15) is 15.6 Å². The number of rotatable bonds is 7. The minimum Gasteiger partial charge on any atom is -0.493 e. The fourth-order valence-electron chi connectivity index (χ4n) is 1.48. The van der Waals surface area contributed by atoms with Crippen molar-refractivity contribution < 1.29 is 81.9 Å². The van der Waals surface area contributed by atoms with E-state index in [1.54, 1.807) is 0 Å². The Morgan fingerprint density at radius 2 is 1.86 bits per heavy atom. The predicted molar refractivity (Wildman–Crippen MR) is 69.6 cm³/mol. The molecule has 0 bridgehead atoms. The molecule has 10 heteroatoms. The van der Waals surface area contributed by atoms with Crippen LogP contribution in [0, 0.1) is 5.82 Å². The molecule has 0 fully saturated rings. The van der Waals surface area contributed by atoms with Crippen LogP contribution in [0.2, 0.25) is 0 Å². The summed E-state index contributed by atoms with van der Waals surface area (Å²) in [5.41, 5.74) is -1.30. The summed E-state index contributed by atoms with van der Waals surface area (Å²) in [5, 5.41) is 0. The standard InChI is InChI=1S/C11H14BF4O3S.K/c1-2-20(17,18)7-3-6-19-9-4-5-10(11(13)8-9)12(14,15)16;/h4-5,8H,2-3,6-7H2,1H3;/q-1;+1. The van der Waals surface area contributed by atoms with Crippen molar-refractivity contribution in [2.24, 2.45) is 0 Å². The van der Waals surface area contributed by atoms with Gasteiger partial charge in [-0.2, -0.15) is 0 Å². The molecule has 0 aliphatic rings. The molecule has 0 aromatic heterocycles. The number of sulfone groups is 1. The summed E-state index contributed by atoms with van der Waals surface area (Å²) in [4.78, 5) is 0. The maximum atomic E-state index is 13.2. The SMILES string of the molecule is CCS(=O)(=O)CCCOc1ccc([B-](F)(F)F)c(F)c1.[K+]. The van der Waals surface area contributed by atoms with Crippen LogP contribution in [0.4, 0.5) is 17.3 Å². The molecule has 3 nitrogen and oxygen atoms in total. The molecule has 1 aromatic carbocycles. The molecule has 0 heterocycles. The molecule has 0 spiro atoms. The van der Waals surface area contributed by atoms with E-state index in [0.29, 0.717) is 12.1 Å². The molecule has 0 aliphatic carbocycles. The topological polar surface area (TPSA) is 43.4 Å². The predicted octanol–water partition coefficient (Wildman–Crippen LogP) is -0.912. The molecular weight excluding hydrogens is 338 g/mol. The van der Waals surface area contributed by atoms with Gasteiger partial charge < -0.3 is 17.7 Å². The molecule has 114 valence electrons. The van der Waals surface area contributed by atoms with Crippen molar-refractivity contribution in [3.8, 4) is 5.75 Å². The van der Waals surface area contributed by atoms with Gasteiger partial charge >= 0.3 is 58.4 Å². The Hall–Kier alpha value is 0.391. The monoisotopic (exact) mass is 352 g/mol. The summed E-state index contributed by atoms with van der Waals surface area (Å²) in [6.07, 6.45) is 0.197. The zero-order valence-corrected chi connectivity index (χ0v) is 15.7. The van der Waals surface area contributed by atoms with Crippen LogP contribution in [-0.2, 0) is 9.84 Å². The third-order valence-electron chi connectivity index (χ3n) is 2.63. The molecule has 0 unspecified atom stereocenters. The fraction of sp³-hybridized carbons (Fsp3) is 0.455. The second-order valence-electron chi connectivity index (χ2n) is 4.20. The summed E-state index contributed by atoms with van der Waals surface area (Å²) >= 11 is 0. The van der Waals surface area contributed by atoms with E-state index in [-0.39, 0.29) is 81.7 Å². The Bertz CT molecular complexity index is 563. The number of hydrogen-bond acceptors (Lipinski definition) is 3. The van der Waals surface area contributed by atoms with Gasteiger partial charge in [0.05, 0.1) is 18.2 Å². The van der Waals surface area contributed by atoms with E-state index in [1.165, 1.54) is 6.92 Å². The molecule has 0 N–H and O–H groups in total. The molecular formula is C11H14BF4KO3S. The largest absolute Gasteiger partial charge is 1.00 e. The molecule has 0 saturated heterocycles. The summed E-state index contributed by atoms with van der Waals surface area (Å²) in [5.74, 6) is -1.50. The summed E-state index contributed by atoms with van der Waals surface area (Å²) in [6, 6.07) is 2.29. The average Bonchev–Trinajstić information content (AvgIpc) is 2.33. The summed E-state index contributed by atoms with van der Waals surface area (Å²) in [6.45, 7) is -3.88. The van der Waals surface area contributed by atoms with Gasteiger partial charge in [0, 0.05) is 11.8 Å². The van der Waals surface area contributed by atoms with Crippen molar-refractivity contribution in [1.29, 1.82) is 0 Å². The molecule has 0 atom stereocenters. The molecule has 1 rings (SSSR count). The molecule has 21 heavy (non-hydrogen) atoms. The fourth-order valence-corrected chi connectivity index (χ4v) is 2.32. The first-order valence-electron chi connectivity index (χ1n) is 5.98. The van der Waals surface area contributed by atoms with Crippen LogP contribution < -0.4 is 61.6 Å². The van der Waals surface area contributed by atoms with E-state index in [4.69, 9.17) is 4.74 Å². The molecule has 1 aromatic rings. The van der Waals surface area contributed by atoms with E-state index >= 15 is 0 Å². The Morgan fingerprint density at radius 3 is 2.33 bits per heavy atom. The summed E-state index contributed by atoms with van der Waals surface area (Å²) < 4.78 is 77.7. The van der Waals surface area contributed by atoms with Gasteiger partial charge in [-0.15, -0.1) is 0 Å². The Labute approximate surface area is 163 Å². The van der Waals surface area contributed by atoms with Crippen LogP contribution >= 0.6 is 0 Å². The van der Waals surface area contributed by atoms with Crippen molar-refractivity contribution in [3.63, 3.8) is 0 Å². The second-order valence-corrected chi connectivity index (χ2v) is 6.67. The maximum Gasteiger partial charge on any atom is 1.00 e. The van der Waals surface area contributed by atoms with E-state index in [0.717, 1.165) is 6.07 Å². The smallest absolute Gasteiger partial charge is 0.493 e. The Balaban J connectivity index is 0.00000400. The first-order valence-corrected chi connectivity index (χ1v) is 7.80. The Kier molecular flexibility index (Phi) is 9.04. The normalized spacial score (nSPS) is 11.9. The molecule has 0 radical (unpaired) electrons. The number of halogens is 4. The van der Waals surface area contributed by atoms with Crippen LogP contribution in [0.3, 0.4) is 0 Å². The van der Waals surface area contributed by atoms with Gasteiger partial charge in [0.25, 0.3) is 0 Å². The molecule has 0 aliphatic heterocycles. The number of hydrogen-bond donors (Lipinski definition) is 0. The van der Waals surface area contributed by atoms with Crippen LogP contribution in [0.1, 0.15) is 13.3 Å². The summed E-state index contributed by atoms with van der Waals surface area (Å²) in [7, 11) is -3.11. The second kappa shape index (κ2) is 8.88. The molecule has 0 saturated carbocycles. The maximum absolute atomic E-state index is 13.2. The first-order chi connectivity index (χ1) is 9.15. The van der Waals surface area contributed by atoms with Gasteiger partial charge in [0.2, 0.25) is 0 Å². The van der Waals surface area contributed by atoms with Crippen LogP contribution in [0.15, 0.2) is 18.2 Å². The first kappa shape index (κ1) is 21.4. The van der Waals surface area contributed by atoms with Gasteiger partial charge in [-0.3, -0.25) is 0 Å². The van der Waals surface area contributed by atoms with Crippen molar-refractivity contribution in [2.45, 2.75) is 13.3 Å². The van der Waals surface area contributed by atoms with Gasteiger partial charge in [-0.05, 0) is 12.5 Å². The van der Waals surface area contributed by atoms with Crippen LogP contribution in [-0.4, -0.2) is 33.5 Å². The van der Waals surface area contributed by atoms with Gasteiger partial charge in [0.15, 0.2) is 0 Å². The third kappa shape index (κ3) is 7.47. The minimum atomic E-state index is -5.39. The Morgan fingerprint density at radius 1 is 1.24 bits per heavy atom. The average molecular weight is 352 g/mol. The van der Waals surface area contributed by atoms with Crippen molar-refractivity contribution in [2.75, 3.05) is 18.1 Å². The number of ether oxygens (including phenoxy) is 1. The number of benzene rings is 1. The third-order valence-corrected chi connectivity index (χ3v) is 4.42. The minimum absolute atomic E-state index is 0. The van der Waals surface area contributed by atoms with Crippen molar-refractivity contribution in [3.05, 3.63) is 24.0 Å². The van der Waals surface area contributed by atoms with Gasteiger partial charge in [-0.1, -0.05) is 18.5 Å². The van der Waals surface area contributed by atoms with Crippen molar-refractivity contribution >= 4 is 22.3 Å². The zero-order valence-electron chi connectivity index (χ0n) is 11.8. The van der Waals surface area contributed by atoms with E-state index in [2.05, 4.69) is 0 Å². The van der Waals surface area contributed by atoms with E-state index < -0.39 is 28.1 Å².